The van der Waals surface area contributed by atoms with Crippen LogP contribution in [0.25, 0.3) is 0 Å². The van der Waals surface area contributed by atoms with Crippen molar-refractivity contribution in [1.82, 2.24) is 10.3 Å². The van der Waals surface area contributed by atoms with E-state index in [1.165, 1.54) is 43.8 Å². The maximum absolute atomic E-state index is 14.0. The lowest BCUT2D eigenvalue weighted by atomic mass is 9.82. The fourth-order valence-corrected chi connectivity index (χ4v) is 4.75. The molecule has 2 aromatic carbocycles. The molecule has 0 fully saturated rings. The first kappa shape index (κ1) is 22.5. The molecular weight excluding hydrogens is 454 g/mol. The molecule has 3 aromatic rings. The van der Waals surface area contributed by atoms with Gasteiger partial charge in [-0.3, -0.25) is 24.7 Å². The number of aliphatic hydroxyl groups is 1. The molecule has 0 radical (unpaired) electrons. The van der Waals surface area contributed by atoms with Crippen LogP contribution in [0, 0.1) is 10.1 Å². The Kier molecular flexibility index (Phi) is 4.88. The molecule has 2 atom stereocenters. The Bertz CT molecular complexity index is 1420. The Hall–Kier alpha value is -4.31. The number of hydrogen-bond donors (Lipinski definition) is 2. The van der Waals surface area contributed by atoms with Gasteiger partial charge in [-0.05, 0) is 23.6 Å². The van der Waals surface area contributed by atoms with Crippen molar-refractivity contribution >= 4 is 17.4 Å². The van der Waals surface area contributed by atoms with Gasteiger partial charge in [0.2, 0.25) is 11.3 Å². The van der Waals surface area contributed by atoms with Crippen molar-refractivity contribution in [3.63, 3.8) is 0 Å². The normalized spacial score (nSPS) is 21.7. The summed E-state index contributed by atoms with van der Waals surface area (Å²) in [4.78, 5) is 42.4. The van der Waals surface area contributed by atoms with Crippen molar-refractivity contribution in [2.45, 2.75) is 31.1 Å². The molecule has 35 heavy (non-hydrogen) atoms. The third-order valence-corrected chi connectivity index (χ3v) is 6.53. The van der Waals surface area contributed by atoms with Gasteiger partial charge in [-0.1, -0.05) is 38.1 Å². The summed E-state index contributed by atoms with van der Waals surface area (Å²) in [6.07, 6.45) is 2.69. The number of nitrogens with one attached hydrogen (secondary N) is 1. The van der Waals surface area contributed by atoms with Crippen molar-refractivity contribution in [2.75, 3.05) is 7.11 Å². The number of methoxy groups -OCH3 is 1. The van der Waals surface area contributed by atoms with Gasteiger partial charge in [-0.25, -0.2) is 0 Å². The first-order valence-corrected chi connectivity index (χ1v) is 10.8. The fraction of sp³-hybridized carbons (Fsp3) is 0.240. The minimum atomic E-state index is -2.41. The molecule has 0 bridgehead atoms. The summed E-state index contributed by atoms with van der Waals surface area (Å²) in [6, 6.07) is 10.4. The number of nitro benzene ring substituents is 1. The monoisotopic (exact) mass is 475 g/mol. The topological polar surface area (TPSA) is 141 Å². The van der Waals surface area contributed by atoms with Crippen molar-refractivity contribution in [2.24, 2.45) is 0 Å². The maximum atomic E-state index is 14.0. The second kappa shape index (κ2) is 7.60. The minimum absolute atomic E-state index is 0.0616. The third-order valence-electron chi connectivity index (χ3n) is 6.53. The molecule has 2 aliphatic rings. The number of carbonyl (C=O) groups is 2. The molecular formula is C25H21N3O7. The zero-order valence-corrected chi connectivity index (χ0v) is 19.1. The van der Waals surface area contributed by atoms with Crippen LogP contribution in [0.3, 0.4) is 0 Å². The highest BCUT2D eigenvalue weighted by molar-refractivity contribution is 6.15. The summed E-state index contributed by atoms with van der Waals surface area (Å²) < 4.78 is 11.1. The Balaban J connectivity index is 1.74. The van der Waals surface area contributed by atoms with Crippen molar-refractivity contribution in [1.29, 1.82) is 0 Å². The lowest BCUT2D eigenvalue weighted by Gasteiger charge is -2.34. The van der Waals surface area contributed by atoms with E-state index in [2.05, 4.69) is 10.3 Å². The molecule has 1 aliphatic carbocycles. The minimum Gasteiger partial charge on any atom is -0.495 e. The van der Waals surface area contributed by atoms with Crippen LogP contribution in [0.4, 0.5) is 5.69 Å². The highest BCUT2D eigenvalue weighted by Gasteiger charge is 2.73. The lowest BCUT2D eigenvalue weighted by molar-refractivity contribution is -0.385. The standard InChI is InChI=1S/C25H21N3O7/c1-13(2)14-7-8-17-20(10-14)35-25(31)18-5-4-6-19(28(32)33)21(18)22(29)24(17,25)27-23(30)15-9-16(34-3)12-26-11-15/h4-13,31H,1-3H3,(H,27,30). The molecule has 10 heteroatoms. The second-order valence-electron chi connectivity index (χ2n) is 8.76. The molecule has 0 saturated heterocycles. The van der Waals surface area contributed by atoms with Crippen molar-refractivity contribution in [3.8, 4) is 11.5 Å². The number of benzene rings is 2. The molecule has 10 nitrogen and oxygen atoms in total. The number of hydrogen-bond acceptors (Lipinski definition) is 8. The number of nitro groups is 1. The van der Waals surface area contributed by atoms with E-state index in [-0.39, 0.29) is 33.9 Å². The van der Waals surface area contributed by atoms with Gasteiger partial charge in [0.15, 0.2) is 0 Å². The van der Waals surface area contributed by atoms with E-state index in [9.17, 15) is 24.8 Å². The molecule has 0 spiro atoms. The number of aromatic nitrogens is 1. The number of nitrogens with zero attached hydrogens (tertiary/aromatic N) is 2. The average molecular weight is 475 g/mol. The average Bonchev–Trinajstić information content (AvgIpc) is 3.20. The van der Waals surface area contributed by atoms with Gasteiger partial charge in [-0.2, -0.15) is 0 Å². The zero-order chi connectivity index (χ0) is 25.1. The summed E-state index contributed by atoms with van der Waals surface area (Å²) in [5.41, 5.74) is -1.92. The summed E-state index contributed by atoms with van der Waals surface area (Å²) in [5.74, 6) is -3.37. The van der Waals surface area contributed by atoms with Crippen molar-refractivity contribution < 1.29 is 29.1 Å². The van der Waals surface area contributed by atoms with E-state index in [4.69, 9.17) is 9.47 Å². The Morgan fingerprint density at radius 1 is 1.20 bits per heavy atom. The van der Waals surface area contributed by atoms with E-state index in [1.807, 2.05) is 13.8 Å². The Morgan fingerprint density at radius 3 is 2.66 bits per heavy atom. The molecule has 5 rings (SSSR count). The Morgan fingerprint density at radius 2 is 1.97 bits per heavy atom. The molecule has 2 unspecified atom stereocenters. The van der Waals surface area contributed by atoms with E-state index in [0.29, 0.717) is 5.75 Å². The number of amides is 1. The van der Waals surface area contributed by atoms with Crippen LogP contribution < -0.4 is 14.8 Å². The van der Waals surface area contributed by atoms with Crippen LogP contribution in [-0.2, 0) is 11.3 Å². The smallest absolute Gasteiger partial charge is 0.280 e. The fourth-order valence-electron chi connectivity index (χ4n) is 4.75. The van der Waals surface area contributed by atoms with Crippen LogP contribution in [0.15, 0.2) is 54.9 Å². The van der Waals surface area contributed by atoms with E-state index in [1.54, 1.807) is 18.2 Å². The quantitative estimate of drug-likeness (QED) is 0.423. The number of carbonyl (C=O) groups excluding carboxylic acids is 2. The summed E-state index contributed by atoms with van der Waals surface area (Å²) in [5, 5.41) is 26.3. The number of fused-ring (bicyclic) bond motifs is 5. The van der Waals surface area contributed by atoms with Gasteiger partial charge in [0, 0.05) is 23.4 Å². The number of ketones is 1. The molecule has 0 saturated carbocycles. The number of pyridine rings is 1. The Labute approximate surface area is 199 Å². The first-order valence-electron chi connectivity index (χ1n) is 10.8. The molecule has 2 heterocycles. The molecule has 1 amide bonds. The maximum Gasteiger partial charge on any atom is 0.280 e. The van der Waals surface area contributed by atoms with Crippen LogP contribution in [0.1, 0.15) is 57.2 Å². The molecule has 2 N–H and O–H groups in total. The number of ether oxygens (including phenoxy) is 2. The second-order valence-corrected chi connectivity index (χ2v) is 8.76. The third kappa shape index (κ3) is 2.96. The van der Waals surface area contributed by atoms with Gasteiger partial charge in [0.25, 0.3) is 17.4 Å². The molecule has 178 valence electrons. The largest absolute Gasteiger partial charge is 0.495 e. The van der Waals surface area contributed by atoms with E-state index in [0.717, 1.165) is 5.56 Å². The van der Waals surface area contributed by atoms with Crippen LogP contribution >= 0.6 is 0 Å². The number of Topliss-reactive ketones (excluding diaryl/α,β-unsaturated/α-hetero) is 1. The van der Waals surface area contributed by atoms with E-state index < -0.39 is 33.6 Å². The molecule has 1 aromatic heterocycles. The SMILES string of the molecule is COc1cncc(C(=O)NC23C(=O)c4c([N+](=O)[O-])cccc4C2(O)Oc2cc(C(C)C)ccc23)c1. The molecule has 1 aliphatic heterocycles. The highest BCUT2D eigenvalue weighted by Crippen LogP contribution is 2.59. The van der Waals surface area contributed by atoms with Gasteiger partial charge < -0.3 is 19.9 Å². The zero-order valence-electron chi connectivity index (χ0n) is 19.1. The van der Waals surface area contributed by atoms with Crippen molar-refractivity contribution in [3.05, 3.63) is 92.8 Å². The highest BCUT2D eigenvalue weighted by atomic mass is 16.6. The van der Waals surface area contributed by atoms with Gasteiger partial charge in [0.05, 0.1) is 23.8 Å². The van der Waals surface area contributed by atoms with Gasteiger partial charge >= 0.3 is 0 Å². The van der Waals surface area contributed by atoms with Crippen LogP contribution in [0.2, 0.25) is 0 Å². The number of rotatable bonds is 5. The van der Waals surface area contributed by atoms with Gasteiger partial charge in [-0.15, -0.1) is 0 Å². The summed E-state index contributed by atoms with van der Waals surface area (Å²) >= 11 is 0. The van der Waals surface area contributed by atoms with E-state index >= 15 is 0 Å². The lowest BCUT2D eigenvalue weighted by Crippen LogP contribution is -2.60. The predicted molar refractivity (Wildman–Crippen MR) is 122 cm³/mol. The first-order chi connectivity index (χ1) is 16.6. The summed E-state index contributed by atoms with van der Waals surface area (Å²) in [6.45, 7) is 3.95. The van der Waals surface area contributed by atoms with Crippen LogP contribution in [0.5, 0.6) is 11.5 Å². The van der Waals surface area contributed by atoms with Crippen LogP contribution in [-0.4, -0.2) is 33.8 Å². The summed E-state index contributed by atoms with van der Waals surface area (Å²) in [7, 11) is 1.42. The van der Waals surface area contributed by atoms with Gasteiger partial charge in [0.1, 0.15) is 17.1 Å². The predicted octanol–water partition coefficient (Wildman–Crippen LogP) is 3.18.